The number of rotatable bonds is 7. The van der Waals surface area contributed by atoms with Gasteiger partial charge in [-0.2, -0.15) is 0 Å². The molecule has 1 heterocycles. The maximum absolute atomic E-state index is 5.54. The van der Waals surface area contributed by atoms with E-state index in [9.17, 15) is 0 Å². The Labute approximate surface area is 123 Å². The Morgan fingerprint density at radius 2 is 1.86 bits per heavy atom. The van der Waals surface area contributed by atoms with E-state index in [-0.39, 0.29) is 0 Å². The van der Waals surface area contributed by atoms with Crippen LogP contribution in [-0.2, 0) is 0 Å². The molecule has 1 aromatic heterocycles. The lowest BCUT2D eigenvalue weighted by Gasteiger charge is -2.13. The summed E-state index contributed by atoms with van der Waals surface area (Å²) in [4.78, 5) is 8.14. The molecular formula is C14H19N5O2. The van der Waals surface area contributed by atoms with Crippen LogP contribution in [0.3, 0.4) is 0 Å². The van der Waals surface area contributed by atoms with Crippen LogP contribution in [0.5, 0.6) is 11.5 Å². The highest BCUT2D eigenvalue weighted by Gasteiger charge is 2.11. The van der Waals surface area contributed by atoms with Gasteiger partial charge in [0.1, 0.15) is 12.1 Å². The first-order valence-corrected chi connectivity index (χ1v) is 6.64. The lowest BCUT2D eigenvalue weighted by Crippen LogP contribution is -2.11. The van der Waals surface area contributed by atoms with Crippen molar-refractivity contribution in [1.82, 2.24) is 9.97 Å². The number of hydrogen-bond donors (Lipinski definition) is 3. The van der Waals surface area contributed by atoms with E-state index in [1.807, 2.05) is 24.3 Å². The summed E-state index contributed by atoms with van der Waals surface area (Å²) in [6.07, 6.45) is 2.38. The summed E-state index contributed by atoms with van der Waals surface area (Å²) in [7, 11) is 1.53. The number of hydrazine groups is 1. The van der Waals surface area contributed by atoms with Crippen molar-refractivity contribution < 1.29 is 9.47 Å². The Hall–Kier alpha value is -2.54. The molecule has 112 valence electrons. The predicted molar refractivity (Wildman–Crippen MR) is 81.9 cm³/mol. The van der Waals surface area contributed by atoms with Crippen molar-refractivity contribution in [3.8, 4) is 11.5 Å². The number of nitrogen functional groups attached to an aromatic ring is 1. The van der Waals surface area contributed by atoms with Crippen molar-refractivity contribution in [2.24, 2.45) is 5.84 Å². The van der Waals surface area contributed by atoms with Crippen LogP contribution in [0, 0.1) is 0 Å². The van der Waals surface area contributed by atoms with Gasteiger partial charge in [-0.15, -0.1) is 0 Å². The quantitative estimate of drug-likeness (QED) is 0.532. The molecule has 21 heavy (non-hydrogen) atoms. The fourth-order valence-corrected chi connectivity index (χ4v) is 1.75. The van der Waals surface area contributed by atoms with Gasteiger partial charge >= 0.3 is 0 Å². The molecule has 2 rings (SSSR count). The van der Waals surface area contributed by atoms with E-state index in [0.717, 1.165) is 17.9 Å². The maximum Gasteiger partial charge on any atom is 0.205 e. The molecule has 1 aromatic carbocycles. The van der Waals surface area contributed by atoms with Crippen molar-refractivity contribution in [2.75, 3.05) is 24.5 Å². The molecular weight excluding hydrogens is 270 g/mol. The average molecular weight is 289 g/mol. The Morgan fingerprint density at radius 3 is 2.48 bits per heavy atom. The molecule has 0 bridgehead atoms. The van der Waals surface area contributed by atoms with Gasteiger partial charge in [0, 0.05) is 5.69 Å². The Morgan fingerprint density at radius 1 is 1.14 bits per heavy atom. The zero-order valence-corrected chi connectivity index (χ0v) is 12.1. The van der Waals surface area contributed by atoms with Gasteiger partial charge in [-0.05, 0) is 30.7 Å². The molecule has 0 unspecified atom stereocenters. The van der Waals surface area contributed by atoms with Gasteiger partial charge < -0.3 is 20.2 Å². The highest BCUT2D eigenvalue weighted by atomic mass is 16.5. The van der Waals surface area contributed by atoms with Crippen molar-refractivity contribution in [3.63, 3.8) is 0 Å². The first-order chi connectivity index (χ1) is 10.3. The molecule has 0 aliphatic heterocycles. The average Bonchev–Trinajstić information content (AvgIpc) is 2.54. The second kappa shape index (κ2) is 7.30. The van der Waals surface area contributed by atoms with Crippen LogP contribution >= 0.6 is 0 Å². The summed E-state index contributed by atoms with van der Waals surface area (Å²) in [5.74, 6) is 7.62. The fraction of sp³-hybridized carbons (Fsp3) is 0.286. The molecule has 0 fully saturated rings. The summed E-state index contributed by atoms with van der Waals surface area (Å²) in [6.45, 7) is 2.78. The molecule has 0 aliphatic rings. The number of aromatic nitrogens is 2. The van der Waals surface area contributed by atoms with E-state index in [2.05, 4.69) is 27.6 Å². The van der Waals surface area contributed by atoms with E-state index >= 15 is 0 Å². The number of nitrogens with two attached hydrogens (primary N) is 1. The third-order valence-electron chi connectivity index (χ3n) is 2.73. The van der Waals surface area contributed by atoms with E-state index < -0.39 is 0 Å². The lowest BCUT2D eigenvalue weighted by atomic mass is 10.3. The highest BCUT2D eigenvalue weighted by molar-refractivity contribution is 5.69. The summed E-state index contributed by atoms with van der Waals surface area (Å²) in [5.41, 5.74) is 3.33. The SMILES string of the molecule is CCCOc1ccc(Nc2ncnc(NN)c2OC)cc1. The molecule has 7 nitrogen and oxygen atoms in total. The van der Waals surface area contributed by atoms with Crippen LogP contribution in [0.4, 0.5) is 17.3 Å². The summed E-state index contributed by atoms with van der Waals surface area (Å²) >= 11 is 0. The topological polar surface area (TPSA) is 94.3 Å². The third kappa shape index (κ3) is 3.73. The Bertz CT molecular complexity index is 574. The minimum Gasteiger partial charge on any atom is -0.494 e. The molecule has 4 N–H and O–H groups in total. The molecule has 7 heteroatoms. The van der Waals surface area contributed by atoms with E-state index in [0.29, 0.717) is 24.0 Å². The van der Waals surface area contributed by atoms with Crippen LogP contribution in [0.1, 0.15) is 13.3 Å². The lowest BCUT2D eigenvalue weighted by molar-refractivity contribution is 0.317. The Kier molecular flexibility index (Phi) is 5.16. The van der Waals surface area contributed by atoms with Gasteiger partial charge in [-0.3, -0.25) is 0 Å². The maximum atomic E-state index is 5.54. The molecule has 2 aromatic rings. The second-order valence-corrected chi connectivity index (χ2v) is 4.25. The zero-order valence-electron chi connectivity index (χ0n) is 12.1. The third-order valence-corrected chi connectivity index (χ3v) is 2.73. The van der Waals surface area contributed by atoms with Gasteiger partial charge in [0.25, 0.3) is 0 Å². The first-order valence-electron chi connectivity index (χ1n) is 6.64. The fourth-order valence-electron chi connectivity index (χ4n) is 1.75. The molecule has 0 atom stereocenters. The zero-order chi connectivity index (χ0) is 15.1. The van der Waals surface area contributed by atoms with E-state index in [4.69, 9.17) is 15.3 Å². The minimum atomic E-state index is 0.415. The van der Waals surface area contributed by atoms with Gasteiger partial charge in [0.15, 0.2) is 11.6 Å². The number of hydrogen-bond acceptors (Lipinski definition) is 7. The van der Waals surface area contributed by atoms with E-state index in [1.54, 1.807) is 0 Å². The van der Waals surface area contributed by atoms with Crippen molar-refractivity contribution in [3.05, 3.63) is 30.6 Å². The van der Waals surface area contributed by atoms with Gasteiger partial charge in [0.2, 0.25) is 5.75 Å². The molecule has 0 radical (unpaired) electrons. The monoisotopic (exact) mass is 289 g/mol. The smallest absolute Gasteiger partial charge is 0.205 e. The standard InChI is InChI=1S/C14H19N5O2/c1-3-8-21-11-6-4-10(5-7-11)18-13-12(20-2)14(19-15)17-9-16-13/h4-7,9H,3,8,15H2,1-2H3,(H2,16,17,18,19). The number of ether oxygens (including phenoxy) is 2. The molecule has 0 saturated heterocycles. The normalized spacial score (nSPS) is 10.0. The number of nitrogens with one attached hydrogen (secondary N) is 2. The number of anilines is 3. The van der Waals surface area contributed by atoms with Crippen molar-refractivity contribution >= 4 is 17.3 Å². The van der Waals surface area contributed by atoms with Crippen molar-refractivity contribution in [1.29, 1.82) is 0 Å². The summed E-state index contributed by atoms with van der Waals surface area (Å²) in [5, 5.41) is 3.15. The molecule has 0 aliphatic carbocycles. The second-order valence-electron chi connectivity index (χ2n) is 4.25. The highest BCUT2D eigenvalue weighted by Crippen LogP contribution is 2.30. The van der Waals surface area contributed by atoms with Crippen LogP contribution in [0.2, 0.25) is 0 Å². The number of benzene rings is 1. The minimum absolute atomic E-state index is 0.415. The van der Waals surface area contributed by atoms with Gasteiger partial charge in [-0.25, -0.2) is 15.8 Å². The van der Waals surface area contributed by atoms with Crippen LogP contribution in [-0.4, -0.2) is 23.7 Å². The first kappa shape index (κ1) is 14.9. The summed E-state index contributed by atoms with van der Waals surface area (Å²) < 4.78 is 10.8. The molecule has 0 spiro atoms. The largest absolute Gasteiger partial charge is 0.494 e. The van der Waals surface area contributed by atoms with Crippen LogP contribution in [0.15, 0.2) is 30.6 Å². The van der Waals surface area contributed by atoms with E-state index in [1.165, 1.54) is 13.4 Å². The molecule has 0 saturated carbocycles. The van der Waals surface area contributed by atoms with Crippen LogP contribution < -0.4 is 26.1 Å². The number of methoxy groups -OCH3 is 1. The predicted octanol–water partition coefficient (Wildman–Crippen LogP) is 2.30. The molecule has 0 amide bonds. The van der Waals surface area contributed by atoms with Gasteiger partial charge in [0.05, 0.1) is 13.7 Å². The Balaban J connectivity index is 2.14. The van der Waals surface area contributed by atoms with Crippen molar-refractivity contribution in [2.45, 2.75) is 13.3 Å². The number of nitrogens with zero attached hydrogens (tertiary/aromatic N) is 2. The summed E-state index contributed by atoms with van der Waals surface area (Å²) in [6, 6.07) is 7.60. The van der Waals surface area contributed by atoms with Gasteiger partial charge in [-0.1, -0.05) is 6.92 Å². The van der Waals surface area contributed by atoms with Crippen LogP contribution in [0.25, 0.3) is 0 Å².